The molecule has 10 heteroatoms. The number of pyridine rings is 2. The second-order valence-electron chi connectivity index (χ2n) is 8.19. The van der Waals surface area contributed by atoms with E-state index in [1.54, 1.807) is 24.5 Å². The zero-order chi connectivity index (χ0) is 25.0. The van der Waals surface area contributed by atoms with Crippen LogP contribution in [0.15, 0.2) is 59.7 Å². The van der Waals surface area contributed by atoms with Crippen molar-refractivity contribution in [2.24, 2.45) is 0 Å². The summed E-state index contributed by atoms with van der Waals surface area (Å²) in [4.78, 5) is 31.6. The largest absolute Gasteiger partial charge is 0.488 e. The maximum absolute atomic E-state index is 13.1. The van der Waals surface area contributed by atoms with E-state index in [-0.39, 0.29) is 36.6 Å². The molecule has 0 aliphatic carbocycles. The summed E-state index contributed by atoms with van der Waals surface area (Å²) < 4.78 is 51.6. The van der Waals surface area contributed by atoms with E-state index in [0.29, 0.717) is 30.8 Å². The Labute approximate surface area is 199 Å². The van der Waals surface area contributed by atoms with Gasteiger partial charge >= 0.3 is 12.1 Å². The first-order chi connectivity index (χ1) is 16.8. The Morgan fingerprint density at radius 2 is 1.89 bits per heavy atom. The quantitative estimate of drug-likeness (QED) is 0.494. The molecule has 0 bridgehead atoms. The number of fused-ring (bicyclic) bond motifs is 1. The van der Waals surface area contributed by atoms with Crippen LogP contribution in [0.25, 0.3) is 0 Å². The third-order valence-corrected chi connectivity index (χ3v) is 5.85. The average molecular weight is 487 g/mol. The number of carbonyl (C=O) groups is 1. The van der Waals surface area contributed by atoms with Crippen LogP contribution in [0.5, 0.6) is 5.75 Å². The third kappa shape index (κ3) is 5.71. The van der Waals surface area contributed by atoms with Crippen molar-refractivity contribution in [3.63, 3.8) is 0 Å². The Hall–Kier alpha value is -3.66. The molecule has 0 spiro atoms. The van der Waals surface area contributed by atoms with Crippen LogP contribution in [0.4, 0.5) is 13.2 Å². The van der Waals surface area contributed by atoms with Crippen LogP contribution in [0.3, 0.4) is 0 Å². The van der Waals surface area contributed by atoms with Crippen molar-refractivity contribution in [3.8, 4) is 5.75 Å². The van der Waals surface area contributed by atoms with Crippen LogP contribution in [-0.4, -0.2) is 40.6 Å². The summed E-state index contributed by atoms with van der Waals surface area (Å²) in [6.45, 7) is 1.54. The molecule has 0 N–H and O–H groups in total. The van der Waals surface area contributed by atoms with E-state index in [0.717, 1.165) is 17.7 Å². The molecule has 1 aliphatic heterocycles. The van der Waals surface area contributed by atoms with Gasteiger partial charge in [-0.2, -0.15) is 13.2 Å². The Bertz CT molecular complexity index is 1260. The van der Waals surface area contributed by atoms with E-state index in [1.807, 2.05) is 11.0 Å². The van der Waals surface area contributed by atoms with Gasteiger partial charge in [-0.3, -0.25) is 14.7 Å². The molecule has 1 aliphatic rings. The Morgan fingerprint density at radius 1 is 1.09 bits per heavy atom. The van der Waals surface area contributed by atoms with Gasteiger partial charge in [-0.15, -0.1) is 0 Å². The minimum absolute atomic E-state index is 0.113. The third-order valence-electron chi connectivity index (χ3n) is 5.85. The summed E-state index contributed by atoms with van der Waals surface area (Å²) in [6.07, 6.45) is -0.842. The van der Waals surface area contributed by atoms with Gasteiger partial charge in [-0.1, -0.05) is 24.3 Å². The van der Waals surface area contributed by atoms with Gasteiger partial charge in [0.2, 0.25) is 0 Å². The number of carbonyl (C=O) groups excluding carboxylic acids is 1. The number of halogens is 3. The smallest absolute Gasteiger partial charge is 0.416 e. The molecule has 0 atom stereocenters. The van der Waals surface area contributed by atoms with Crippen LogP contribution < -0.4 is 10.3 Å². The van der Waals surface area contributed by atoms with Gasteiger partial charge in [0, 0.05) is 62.3 Å². The monoisotopic (exact) mass is 487 g/mol. The molecule has 3 heterocycles. The number of hydrogen-bond donors (Lipinski definition) is 0. The fourth-order valence-electron chi connectivity index (χ4n) is 4.14. The Kier molecular flexibility index (Phi) is 7.20. The minimum atomic E-state index is -4.42. The van der Waals surface area contributed by atoms with Gasteiger partial charge in [0.1, 0.15) is 17.9 Å². The maximum Gasteiger partial charge on any atom is 0.416 e. The fourth-order valence-corrected chi connectivity index (χ4v) is 4.14. The minimum Gasteiger partial charge on any atom is -0.488 e. The summed E-state index contributed by atoms with van der Waals surface area (Å²) in [7, 11) is 1.26. The Morgan fingerprint density at radius 3 is 2.60 bits per heavy atom. The molecule has 4 rings (SSSR count). The standard InChI is InChI=1S/C25H24F3N3O4/c1-34-24(33)23-20-7-9-30(15-17-4-2-6-19(12-17)25(26,27)28)10-11-31(20)22(32)13-21(23)35-16-18-5-3-8-29-14-18/h2-6,8,12-14H,7,9-11,15-16H2,1H3. The summed E-state index contributed by atoms with van der Waals surface area (Å²) in [5.41, 5.74) is 0.925. The first-order valence-corrected chi connectivity index (χ1v) is 11.0. The first-order valence-electron chi connectivity index (χ1n) is 11.0. The molecule has 1 aromatic carbocycles. The number of methoxy groups -OCH3 is 1. The number of aromatic nitrogens is 2. The van der Waals surface area contributed by atoms with Crippen molar-refractivity contribution in [3.05, 3.63) is 93.2 Å². The highest BCUT2D eigenvalue weighted by Crippen LogP contribution is 2.30. The summed E-state index contributed by atoms with van der Waals surface area (Å²) >= 11 is 0. The lowest BCUT2D eigenvalue weighted by Crippen LogP contribution is -2.29. The number of benzene rings is 1. The van der Waals surface area contributed by atoms with Crippen LogP contribution >= 0.6 is 0 Å². The first kappa shape index (κ1) is 24.5. The SMILES string of the molecule is COC(=O)c1c(OCc2cccnc2)cc(=O)n2c1CCN(Cc1cccc(C(F)(F)F)c1)CC2. The van der Waals surface area contributed by atoms with Gasteiger partial charge in [-0.25, -0.2) is 4.79 Å². The molecule has 0 fully saturated rings. The number of alkyl halides is 3. The lowest BCUT2D eigenvalue weighted by atomic mass is 10.1. The highest BCUT2D eigenvalue weighted by atomic mass is 19.4. The summed E-state index contributed by atoms with van der Waals surface area (Å²) in [5.74, 6) is -0.496. The van der Waals surface area contributed by atoms with Gasteiger partial charge in [0.15, 0.2) is 0 Å². The zero-order valence-corrected chi connectivity index (χ0v) is 19.0. The molecule has 0 saturated heterocycles. The highest BCUT2D eigenvalue weighted by Gasteiger charge is 2.31. The number of ether oxygens (including phenoxy) is 2. The lowest BCUT2D eigenvalue weighted by molar-refractivity contribution is -0.137. The molecular weight excluding hydrogens is 463 g/mol. The molecule has 184 valence electrons. The van der Waals surface area contributed by atoms with E-state index in [1.165, 1.54) is 23.8 Å². The molecule has 0 saturated carbocycles. The number of rotatable bonds is 6. The normalized spacial score (nSPS) is 14.2. The van der Waals surface area contributed by atoms with Crippen LogP contribution in [0.2, 0.25) is 0 Å². The molecule has 0 unspecified atom stereocenters. The molecule has 0 radical (unpaired) electrons. The molecule has 2 aromatic heterocycles. The van der Waals surface area contributed by atoms with E-state index >= 15 is 0 Å². The van der Waals surface area contributed by atoms with Crippen molar-refractivity contribution in [2.45, 2.75) is 32.3 Å². The topological polar surface area (TPSA) is 73.7 Å². The molecule has 7 nitrogen and oxygen atoms in total. The molecule has 0 amide bonds. The molecule has 35 heavy (non-hydrogen) atoms. The number of hydrogen-bond acceptors (Lipinski definition) is 6. The lowest BCUT2D eigenvalue weighted by Gasteiger charge is -2.20. The van der Waals surface area contributed by atoms with E-state index in [4.69, 9.17) is 9.47 Å². The maximum atomic E-state index is 13.1. The Balaban J connectivity index is 1.58. The van der Waals surface area contributed by atoms with E-state index in [9.17, 15) is 22.8 Å². The predicted octanol–water partition coefficient (Wildman–Crippen LogP) is 3.69. The molecule has 3 aromatic rings. The van der Waals surface area contributed by atoms with Crippen LogP contribution in [0, 0.1) is 0 Å². The van der Waals surface area contributed by atoms with Gasteiger partial charge in [0.25, 0.3) is 5.56 Å². The molecular formula is C25H24F3N3O4. The summed E-state index contributed by atoms with van der Waals surface area (Å²) in [6, 6.07) is 10.0. The second-order valence-corrected chi connectivity index (χ2v) is 8.19. The summed E-state index contributed by atoms with van der Waals surface area (Å²) in [5, 5.41) is 0. The van der Waals surface area contributed by atoms with Crippen molar-refractivity contribution in [1.29, 1.82) is 0 Å². The zero-order valence-electron chi connectivity index (χ0n) is 19.0. The van der Waals surface area contributed by atoms with Gasteiger partial charge in [-0.05, 0) is 17.7 Å². The highest BCUT2D eigenvalue weighted by molar-refractivity contribution is 5.93. The van der Waals surface area contributed by atoms with E-state index < -0.39 is 17.7 Å². The fraction of sp³-hybridized carbons (Fsp3) is 0.320. The van der Waals surface area contributed by atoms with Crippen molar-refractivity contribution >= 4 is 5.97 Å². The van der Waals surface area contributed by atoms with Crippen molar-refractivity contribution in [2.75, 3.05) is 20.2 Å². The van der Waals surface area contributed by atoms with Crippen LogP contribution in [0.1, 0.15) is 32.7 Å². The van der Waals surface area contributed by atoms with Crippen molar-refractivity contribution in [1.82, 2.24) is 14.5 Å². The van der Waals surface area contributed by atoms with Gasteiger partial charge in [0.05, 0.1) is 12.7 Å². The van der Waals surface area contributed by atoms with E-state index in [2.05, 4.69) is 4.98 Å². The van der Waals surface area contributed by atoms with Gasteiger partial charge < -0.3 is 14.0 Å². The second kappa shape index (κ2) is 10.3. The number of nitrogens with zero attached hydrogens (tertiary/aromatic N) is 3. The number of esters is 1. The van der Waals surface area contributed by atoms with Crippen molar-refractivity contribution < 1.29 is 27.4 Å². The van der Waals surface area contributed by atoms with Crippen LogP contribution in [-0.2, 0) is 37.0 Å². The predicted molar refractivity (Wildman–Crippen MR) is 121 cm³/mol. The average Bonchev–Trinajstić information content (AvgIpc) is 3.06.